The molecule has 33 heavy (non-hydrogen) atoms. The van der Waals surface area contributed by atoms with Crippen molar-refractivity contribution in [1.29, 1.82) is 0 Å². The molecule has 2 amide bonds. The molecular formula is C24H19FN4O3S. The van der Waals surface area contributed by atoms with Crippen molar-refractivity contribution < 1.29 is 18.4 Å². The van der Waals surface area contributed by atoms with Gasteiger partial charge in [-0.1, -0.05) is 36.0 Å². The summed E-state index contributed by atoms with van der Waals surface area (Å²) < 4.78 is 18.8. The number of amidine groups is 2. The number of nitrogens with zero attached hydrogens (tertiary/aromatic N) is 3. The van der Waals surface area contributed by atoms with E-state index < -0.39 is 6.04 Å². The van der Waals surface area contributed by atoms with Gasteiger partial charge in [0, 0.05) is 11.3 Å². The number of furan rings is 1. The molecule has 2 aliphatic rings. The fourth-order valence-electron chi connectivity index (χ4n) is 3.65. The highest BCUT2D eigenvalue weighted by molar-refractivity contribution is 8.13. The maximum atomic E-state index is 13.6. The lowest BCUT2D eigenvalue weighted by atomic mass is 10.1. The second-order valence-corrected chi connectivity index (χ2v) is 8.47. The molecule has 0 fully saturated rings. The van der Waals surface area contributed by atoms with Crippen LogP contribution in [0.3, 0.4) is 0 Å². The summed E-state index contributed by atoms with van der Waals surface area (Å²) in [4.78, 5) is 36.4. The number of thioether (sulfide) groups is 1. The fourth-order valence-corrected chi connectivity index (χ4v) is 4.60. The Bertz CT molecular complexity index is 1270. The van der Waals surface area contributed by atoms with Crippen LogP contribution in [0, 0.1) is 5.82 Å². The van der Waals surface area contributed by atoms with Crippen LogP contribution in [0.25, 0.3) is 0 Å². The van der Waals surface area contributed by atoms with Crippen molar-refractivity contribution in [3.8, 4) is 0 Å². The molecule has 0 bridgehead atoms. The van der Waals surface area contributed by atoms with E-state index in [0.717, 1.165) is 11.1 Å². The second-order valence-electron chi connectivity index (χ2n) is 7.53. The van der Waals surface area contributed by atoms with E-state index in [-0.39, 0.29) is 30.6 Å². The first-order valence-corrected chi connectivity index (χ1v) is 11.3. The van der Waals surface area contributed by atoms with E-state index in [0.29, 0.717) is 28.2 Å². The number of carbonyl (C=O) groups is 2. The number of hydrogen-bond donors (Lipinski definition) is 1. The van der Waals surface area contributed by atoms with Gasteiger partial charge in [0.05, 0.1) is 24.9 Å². The molecule has 0 unspecified atom stereocenters. The molecule has 1 aromatic heterocycles. The third-order valence-corrected chi connectivity index (χ3v) is 6.23. The van der Waals surface area contributed by atoms with Crippen LogP contribution in [0.4, 0.5) is 10.1 Å². The number of benzene rings is 2. The zero-order valence-electron chi connectivity index (χ0n) is 17.4. The number of carbonyl (C=O) groups excluding carboxylic acids is 2. The van der Waals surface area contributed by atoms with E-state index in [4.69, 9.17) is 4.42 Å². The van der Waals surface area contributed by atoms with Gasteiger partial charge in [0.15, 0.2) is 5.17 Å². The summed E-state index contributed by atoms with van der Waals surface area (Å²) in [5.74, 6) is 0.623. The molecule has 2 aromatic carbocycles. The maximum Gasteiger partial charge on any atom is 0.259 e. The van der Waals surface area contributed by atoms with Crippen LogP contribution < -0.4 is 5.32 Å². The monoisotopic (exact) mass is 462 g/mol. The van der Waals surface area contributed by atoms with E-state index in [2.05, 4.69) is 15.3 Å². The number of fused-ring (bicyclic) bond motifs is 3. The van der Waals surface area contributed by atoms with Crippen molar-refractivity contribution >= 4 is 40.3 Å². The molecule has 1 atom stereocenters. The van der Waals surface area contributed by atoms with Gasteiger partial charge in [-0.25, -0.2) is 14.3 Å². The van der Waals surface area contributed by atoms with Gasteiger partial charge in [0.2, 0.25) is 5.91 Å². The van der Waals surface area contributed by atoms with E-state index in [1.54, 1.807) is 18.2 Å². The second kappa shape index (κ2) is 9.03. The highest BCUT2D eigenvalue weighted by Crippen LogP contribution is 2.34. The zero-order valence-corrected chi connectivity index (χ0v) is 18.2. The Labute approximate surface area is 193 Å². The largest absolute Gasteiger partial charge is 0.467 e. The van der Waals surface area contributed by atoms with Crippen LogP contribution in [0.15, 0.2) is 81.3 Å². The first kappa shape index (κ1) is 21.1. The molecule has 0 spiro atoms. The molecule has 5 rings (SSSR count). The number of hydrogen-bond acceptors (Lipinski definition) is 6. The Morgan fingerprint density at radius 3 is 2.85 bits per heavy atom. The normalized spacial score (nSPS) is 16.7. The van der Waals surface area contributed by atoms with Gasteiger partial charge in [0.25, 0.3) is 5.91 Å². The number of rotatable bonds is 6. The molecule has 166 valence electrons. The lowest BCUT2D eigenvalue weighted by molar-refractivity contribution is -0.128. The van der Waals surface area contributed by atoms with Gasteiger partial charge in [-0.3, -0.25) is 14.6 Å². The molecule has 0 saturated carbocycles. The van der Waals surface area contributed by atoms with Crippen molar-refractivity contribution in [3.05, 3.63) is 89.6 Å². The van der Waals surface area contributed by atoms with Gasteiger partial charge in [0.1, 0.15) is 23.5 Å². The quantitative estimate of drug-likeness (QED) is 0.600. The standard InChI is InChI=1S/C24H19FN4O3S/c25-16-6-3-5-15(11-16)14-33-24-28-19-9-2-1-8-18(19)22-27-20(23(31)29(22)24)12-21(30)26-13-17-7-4-10-32-17/h1-11,20H,12-14H2,(H,26,30)/t20-/m1/s1. The fraction of sp³-hybridized carbons (Fsp3) is 0.167. The number of para-hydroxylation sites is 1. The van der Waals surface area contributed by atoms with Gasteiger partial charge in [-0.05, 0) is 42.0 Å². The Balaban J connectivity index is 1.35. The first-order chi connectivity index (χ1) is 16.1. The molecule has 0 saturated heterocycles. The molecule has 3 heterocycles. The van der Waals surface area contributed by atoms with Crippen molar-refractivity contribution in [2.75, 3.05) is 0 Å². The van der Waals surface area contributed by atoms with Crippen LogP contribution in [0.1, 0.15) is 23.3 Å². The number of halogens is 1. The van der Waals surface area contributed by atoms with Crippen LogP contribution in [-0.2, 0) is 21.9 Å². The van der Waals surface area contributed by atoms with Crippen LogP contribution >= 0.6 is 11.8 Å². The van der Waals surface area contributed by atoms with Crippen molar-refractivity contribution in [2.24, 2.45) is 9.98 Å². The van der Waals surface area contributed by atoms with E-state index in [1.807, 2.05) is 30.3 Å². The van der Waals surface area contributed by atoms with Gasteiger partial charge < -0.3 is 9.73 Å². The average molecular weight is 463 g/mol. The summed E-state index contributed by atoms with van der Waals surface area (Å²) >= 11 is 1.33. The van der Waals surface area contributed by atoms with E-state index in [9.17, 15) is 14.0 Å². The lowest BCUT2D eigenvalue weighted by Crippen LogP contribution is -2.42. The Morgan fingerprint density at radius 1 is 1.15 bits per heavy atom. The smallest absolute Gasteiger partial charge is 0.259 e. The Kier molecular flexibility index (Phi) is 5.78. The summed E-state index contributed by atoms with van der Waals surface area (Å²) in [6.45, 7) is 0.242. The van der Waals surface area contributed by atoms with Gasteiger partial charge in [-0.2, -0.15) is 0 Å². The predicted octanol–water partition coefficient (Wildman–Crippen LogP) is 4.02. The number of nitrogens with one attached hydrogen (secondary N) is 1. The highest BCUT2D eigenvalue weighted by Gasteiger charge is 2.42. The Hall–Kier alpha value is -3.72. The minimum Gasteiger partial charge on any atom is -0.467 e. The van der Waals surface area contributed by atoms with Gasteiger partial charge in [-0.15, -0.1) is 0 Å². The molecule has 0 aliphatic carbocycles. The molecule has 1 N–H and O–H groups in total. The predicted molar refractivity (Wildman–Crippen MR) is 124 cm³/mol. The summed E-state index contributed by atoms with van der Waals surface area (Å²) in [6.07, 6.45) is 1.45. The lowest BCUT2D eigenvalue weighted by Gasteiger charge is -2.25. The Morgan fingerprint density at radius 2 is 2.03 bits per heavy atom. The molecule has 9 heteroatoms. The molecule has 7 nitrogen and oxygen atoms in total. The van der Waals surface area contributed by atoms with Crippen LogP contribution in [-0.4, -0.2) is 33.8 Å². The third kappa shape index (κ3) is 4.45. The summed E-state index contributed by atoms with van der Waals surface area (Å²) in [6, 6.07) is 16.4. The number of amides is 2. The van der Waals surface area contributed by atoms with Crippen molar-refractivity contribution in [3.63, 3.8) is 0 Å². The van der Waals surface area contributed by atoms with E-state index in [1.165, 1.54) is 35.1 Å². The SMILES string of the molecule is O=C(C[C@H]1N=C2c3ccccc3N=C(SCc3cccc(F)c3)N2C1=O)NCc1ccco1. The minimum atomic E-state index is -0.845. The zero-order chi connectivity index (χ0) is 22.8. The molecular weight excluding hydrogens is 443 g/mol. The van der Waals surface area contributed by atoms with Crippen LogP contribution in [0.2, 0.25) is 0 Å². The topological polar surface area (TPSA) is 87.3 Å². The minimum absolute atomic E-state index is 0.0798. The summed E-state index contributed by atoms with van der Waals surface area (Å²) in [5, 5.41) is 3.21. The van der Waals surface area contributed by atoms with E-state index >= 15 is 0 Å². The molecule has 2 aliphatic heterocycles. The first-order valence-electron chi connectivity index (χ1n) is 10.3. The third-order valence-electron chi connectivity index (χ3n) is 5.22. The van der Waals surface area contributed by atoms with Crippen molar-refractivity contribution in [1.82, 2.24) is 10.2 Å². The average Bonchev–Trinajstić information content (AvgIpc) is 3.45. The molecule has 0 radical (unpaired) electrons. The van der Waals surface area contributed by atoms with Crippen molar-refractivity contribution in [2.45, 2.75) is 24.8 Å². The molecule has 3 aromatic rings. The number of aliphatic imine (C=N–C) groups is 2. The summed E-state index contributed by atoms with van der Waals surface area (Å²) in [7, 11) is 0. The highest BCUT2D eigenvalue weighted by atomic mass is 32.2. The summed E-state index contributed by atoms with van der Waals surface area (Å²) in [5.41, 5.74) is 2.21. The maximum absolute atomic E-state index is 13.6. The van der Waals surface area contributed by atoms with Crippen LogP contribution in [0.5, 0.6) is 0 Å². The van der Waals surface area contributed by atoms with Gasteiger partial charge >= 0.3 is 0 Å².